The maximum atomic E-state index is 4.43. The summed E-state index contributed by atoms with van der Waals surface area (Å²) in [6.45, 7) is 5.12. The summed E-state index contributed by atoms with van der Waals surface area (Å²) >= 11 is 1.68. The largest absolute Gasteiger partial charge is 0.304 e. The van der Waals surface area contributed by atoms with Crippen LogP contribution in [0.25, 0.3) is 0 Å². The molecule has 0 saturated heterocycles. The van der Waals surface area contributed by atoms with Crippen molar-refractivity contribution < 1.29 is 0 Å². The summed E-state index contributed by atoms with van der Waals surface area (Å²) in [5.41, 5.74) is 4.33. The Labute approximate surface area is 106 Å². The van der Waals surface area contributed by atoms with E-state index in [2.05, 4.69) is 35.2 Å². The minimum absolute atomic E-state index is 0.328. The van der Waals surface area contributed by atoms with Crippen LogP contribution in [0.4, 0.5) is 0 Å². The first-order chi connectivity index (χ1) is 8.31. The monoisotopic (exact) mass is 247 g/mol. The fraction of sp³-hybridized carbons (Fsp3) is 0.385. The molecule has 0 aromatic carbocycles. The van der Waals surface area contributed by atoms with Gasteiger partial charge in [-0.15, -0.1) is 11.3 Å². The lowest BCUT2D eigenvalue weighted by Gasteiger charge is -2.12. The van der Waals surface area contributed by atoms with E-state index in [1.165, 1.54) is 10.4 Å². The van der Waals surface area contributed by atoms with Gasteiger partial charge in [0.2, 0.25) is 0 Å². The van der Waals surface area contributed by atoms with Gasteiger partial charge in [-0.2, -0.15) is 0 Å². The zero-order chi connectivity index (χ0) is 12.1. The van der Waals surface area contributed by atoms with Crippen LogP contribution in [-0.4, -0.2) is 9.97 Å². The van der Waals surface area contributed by atoms with E-state index >= 15 is 0 Å². The summed E-state index contributed by atoms with van der Waals surface area (Å²) in [6, 6.07) is 4.46. The molecule has 0 amide bonds. The number of aromatic nitrogens is 2. The molecule has 1 atom stereocenters. The van der Waals surface area contributed by atoms with E-state index in [1.807, 2.05) is 24.0 Å². The quantitative estimate of drug-likeness (QED) is 0.882. The summed E-state index contributed by atoms with van der Waals surface area (Å²) in [5.74, 6) is 0. The van der Waals surface area contributed by atoms with E-state index < -0.39 is 0 Å². The van der Waals surface area contributed by atoms with Gasteiger partial charge in [-0.25, -0.2) is 0 Å². The van der Waals surface area contributed by atoms with Crippen molar-refractivity contribution in [3.05, 3.63) is 46.2 Å². The van der Waals surface area contributed by atoms with Gasteiger partial charge in [-0.05, 0) is 25.0 Å². The molecule has 4 heteroatoms. The molecule has 90 valence electrons. The third kappa shape index (κ3) is 3.11. The Kier molecular flexibility index (Phi) is 4.23. The fourth-order valence-corrected chi connectivity index (χ4v) is 2.39. The van der Waals surface area contributed by atoms with Crippen molar-refractivity contribution in [1.82, 2.24) is 15.3 Å². The highest BCUT2D eigenvalue weighted by Crippen LogP contribution is 2.17. The van der Waals surface area contributed by atoms with Crippen LogP contribution in [0.5, 0.6) is 0 Å². The summed E-state index contributed by atoms with van der Waals surface area (Å²) in [4.78, 5) is 9.79. The van der Waals surface area contributed by atoms with Crippen molar-refractivity contribution in [3.8, 4) is 0 Å². The Hall–Kier alpha value is -1.26. The number of nitrogens with one attached hydrogen (secondary N) is 1. The highest BCUT2D eigenvalue weighted by molar-refractivity contribution is 7.09. The van der Waals surface area contributed by atoms with Crippen molar-refractivity contribution in [2.24, 2.45) is 0 Å². The normalized spacial score (nSPS) is 12.6. The van der Waals surface area contributed by atoms with Crippen LogP contribution < -0.4 is 5.32 Å². The Bertz CT molecular complexity index is 453. The van der Waals surface area contributed by atoms with Crippen LogP contribution in [-0.2, 0) is 13.0 Å². The predicted molar refractivity (Wildman–Crippen MR) is 71.0 cm³/mol. The maximum Gasteiger partial charge on any atom is 0.0794 e. The van der Waals surface area contributed by atoms with Gasteiger partial charge in [0.05, 0.1) is 11.2 Å². The first-order valence-corrected chi connectivity index (χ1v) is 6.73. The molecule has 0 aliphatic carbocycles. The first-order valence-electron chi connectivity index (χ1n) is 5.85. The van der Waals surface area contributed by atoms with Crippen LogP contribution in [0.15, 0.2) is 30.0 Å². The van der Waals surface area contributed by atoms with E-state index in [1.54, 1.807) is 11.3 Å². The van der Waals surface area contributed by atoms with Crippen LogP contribution in [0, 0.1) is 0 Å². The van der Waals surface area contributed by atoms with Crippen LogP contribution >= 0.6 is 11.3 Å². The molecule has 0 radical (unpaired) electrons. The highest BCUT2D eigenvalue weighted by atomic mass is 32.1. The Morgan fingerprint density at radius 1 is 1.47 bits per heavy atom. The number of nitrogens with zero attached hydrogens (tertiary/aromatic N) is 2. The molecule has 3 nitrogen and oxygen atoms in total. The second-order valence-corrected chi connectivity index (χ2v) is 4.89. The van der Waals surface area contributed by atoms with Gasteiger partial charge >= 0.3 is 0 Å². The third-order valence-corrected chi connectivity index (χ3v) is 3.78. The van der Waals surface area contributed by atoms with Crippen molar-refractivity contribution in [1.29, 1.82) is 0 Å². The molecule has 0 fully saturated rings. The average Bonchev–Trinajstić information content (AvgIpc) is 2.90. The summed E-state index contributed by atoms with van der Waals surface area (Å²) in [5, 5.41) is 3.48. The Morgan fingerprint density at radius 2 is 2.35 bits per heavy atom. The molecule has 0 aliphatic heterocycles. The molecule has 2 aromatic heterocycles. The average molecular weight is 247 g/mol. The van der Waals surface area contributed by atoms with E-state index in [0.29, 0.717) is 6.04 Å². The van der Waals surface area contributed by atoms with Gasteiger partial charge in [0.25, 0.3) is 0 Å². The molecule has 0 saturated carbocycles. The number of hydrogen-bond donors (Lipinski definition) is 1. The molecule has 17 heavy (non-hydrogen) atoms. The minimum Gasteiger partial charge on any atom is -0.304 e. The summed E-state index contributed by atoms with van der Waals surface area (Å²) < 4.78 is 0. The smallest absolute Gasteiger partial charge is 0.0794 e. The second-order valence-electron chi connectivity index (χ2n) is 3.97. The molecule has 1 N–H and O–H groups in total. The molecule has 0 spiro atoms. The van der Waals surface area contributed by atoms with Crippen molar-refractivity contribution >= 4 is 11.3 Å². The molecular formula is C13H17N3S. The molecule has 2 aromatic rings. The zero-order valence-electron chi connectivity index (χ0n) is 10.2. The molecular weight excluding hydrogens is 230 g/mol. The van der Waals surface area contributed by atoms with Crippen molar-refractivity contribution in [2.75, 3.05) is 0 Å². The lowest BCUT2D eigenvalue weighted by molar-refractivity contribution is 0.572. The maximum absolute atomic E-state index is 4.43. The number of thiazole rings is 1. The highest BCUT2D eigenvalue weighted by Gasteiger charge is 2.08. The Morgan fingerprint density at radius 3 is 3.06 bits per heavy atom. The Balaban J connectivity index is 1.98. The third-order valence-electron chi connectivity index (χ3n) is 2.82. The van der Waals surface area contributed by atoms with E-state index in [4.69, 9.17) is 0 Å². The summed E-state index contributed by atoms with van der Waals surface area (Å²) in [6.07, 6.45) is 4.80. The van der Waals surface area contributed by atoms with Crippen LogP contribution in [0.2, 0.25) is 0 Å². The predicted octanol–water partition coefficient (Wildman–Crippen LogP) is 2.95. The molecule has 2 rings (SSSR count). The molecule has 2 heterocycles. The van der Waals surface area contributed by atoms with Crippen LogP contribution in [0.3, 0.4) is 0 Å². The SMILES string of the molecule is CCc1cccnc1CNC(C)c1cncs1. The van der Waals surface area contributed by atoms with Gasteiger partial charge in [0.15, 0.2) is 0 Å². The van der Waals surface area contributed by atoms with E-state index in [0.717, 1.165) is 18.7 Å². The van der Waals surface area contributed by atoms with Crippen molar-refractivity contribution in [2.45, 2.75) is 32.9 Å². The van der Waals surface area contributed by atoms with Gasteiger partial charge in [-0.1, -0.05) is 13.0 Å². The van der Waals surface area contributed by atoms with Gasteiger partial charge in [0, 0.05) is 29.9 Å². The summed E-state index contributed by atoms with van der Waals surface area (Å²) in [7, 11) is 0. The lowest BCUT2D eigenvalue weighted by Crippen LogP contribution is -2.18. The standard InChI is InChI=1S/C13H17N3S/c1-3-11-5-4-6-15-12(11)7-16-10(2)13-8-14-9-17-13/h4-6,8-10,16H,3,7H2,1-2H3. The topological polar surface area (TPSA) is 37.8 Å². The lowest BCUT2D eigenvalue weighted by atomic mass is 10.1. The first kappa shape index (κ1) is 12.2. The number of hydrogen-bond acceptors (Lipinski definition) is 4. The van der Waals surface area contributed by atoms with Crippen molar-refractivity contribution in [3.63, 3.8) is 0 Å². The van der Waals surface area contributed by atoms with E-state index in [9.17, 15) is 0 Å². The van der Waals surface area contributed by atoms with Gasteiger partial charge in [-0.3, -0.25) is 9.97 Å². The molecule has 1 unspecified atom stereocenters. The fourth-order valence-electron chi connectivity index (χ4n) is 1.74. The van der Waals surface area contributed by atoms with Gasteiger partial charge < -0.3 is 5.32 Å². The second kappa shape index (κ2) is 5.89. The number of aryl methyl sites for hydroxylation is 1. The van der Waals surface area contributed by atoms with Crippen LogP contribution in [0.1, 0.15) is 36.0 Å². The number of rotatable bonds is 5. The van der Waals surface area contributed by atoms with Gasteiger partial charge in [0.1, 0.15) is 0 Å². The van der Waals surface area contributed by atoms with E-state index in [-0.39, 0.29) is 0 Å². The number of pyridine rings is 1. The molecule has 0 aliphatic rings. The minimum atomic E-state index is 0.328. The zero-order valence-corrected chi connectivity index (χ0v) is 11.0. The molecule has 0 bridgehead atoms.